The third-order valence-electron chi connectivity index (χ3n) is 4.52. The summed E-state index contributed by atoms with van der Waals surface area (Å²) in [6.07, 6.45) is 2.24. The highest BCUT2D eigenvalue weighted by atomic mass is 35.5. The van der Waals surface area contributed by atoms with Crippen LogP contribution in [0.2, 0.25) is 5.28 Å². The molecular formula is C19H18ClN7O2. The van der Waals surface area contributed by atoms with Crippen LogP contribution < -0.4 is 11.3 Å². The number of halogens is 1. The van der Waals surface area contributed by atoms with E-state index in [-0.39, 0.29) is 17.4 Å². The zero-order chi connectivity index (χ0) is 20.4. The Labute approximate surface area is 170 Å². The molecule has 0 aliphatic heterocycles. The fourth-order valence-corrected chi connectivity index (χ4v) is 3.26. The summed E-state index contributed by atoms with van der Waals surface area (Å²) >= 11 is 5.92. The second-order valence-electron chi connectivity index (χ2n) is 6.53. The van der Waals surface area contributed by atoms with E-state index in [4.69, 9.17) is 17.3 Å². The molecule has 3 aromatic heterocycles. The summed E-state index contributed by atoms with van der Waals surface area (Å²) in [6, 6.07) is 10.9. The van der Waals surface area contributed by atoms with E-state index in [1.54, 1.807) is 10.9 Å². The largest absolute Gasteiger partial charge is 0.390 e. The zero-order valence-electron chi connectivity index (χ0n) is 15.4. The minimum absolute atomic E-state index is 0.0774. The van der Waals surface area contributed by atoms with Crippen LogP contribution >= 0.6 is 11.6 Å². The van der Waals surface area contributed by atoms with Crippen LogP contribution in [0.15, 0.2) is 47.4 Å². The average molecular weight is 412 g/mol. The van der Waals surface area contributed by atoms with E-state index in [2.05, 4.69) is 20.2 Å². The number of hydrogen-bond acceptors (Lipinski definition) is 7. The molecule has 10 heteroatoms. The molecule has 0 fully saturated rings. The molecule has 1 aromatic carbocycles. The maximum atomic E-state index is 11.9. The van der Waals surface area contributed by atoms with Crippen molar-refractivity contribution in [1.82, 2.24) is 29.5 Å². The monoisotopic (exact) mass is 411 g/mol. The Balaban J connectivity index is 1.53. The van der Waals surface area contributed by atoms with Crippen LogP contribution in [0.5, 0.6) is 0 Å². The number of nitrogens with zero attached hydrogens (tertiary/aromatic N) is 6. The molecule has 29 heavy (non-hydrogen) atoms. The van der Waals surface area contributed by atoms with E-state index in [9.17, 15) is 9.90 Å². The van der Waals surface area contributed by atoms with Gasteiger partial charge in [0.2, 0.25) is 5.28 Å². The number of aliphatic hydroxyl groups excluding tert-OH is 1. The normalized spacial score (nSPS) is 11.2. The second kappa shape index (κ2) is 7.98. The van der Waals surface area contributed by atoms with Crippen molar-refractivity contribution in [1.29, 1.82) is 0 Å². The predicted molar refractivity (Wildman–Crippen MR) is 108 cm³/mol. The van der Waals surface area contributed by atoms with Crippen molar-refractivity contribution in [3.05, 3.63) is 75.1 Å². The van der Waals surface area contributed by atoms with Crippen molar-refractivity contribution in [2.75, 3.05) is 5.73 Å². The quantitative estimate of drug-likeness (QED) is 0.459. The lowest BCUT2D eigenvalue weighted by Gasteiger charge is -2.08. The summed E-state index contributed by atoms with van der Waals surface area (Å²) in [4.78, 5) is 20.1. The molecule has 0 aliphatic rings. The van der Waals surface area contributed by atoms with E-state index in [1.807, 2.05) is 24.3 Å². The van der Waals surface area contributed by atoms with Crippen molar-refractivity contribution < 1.29 is 5.11 Å². The van der Waals surface area contributed by atoms with Crippen LogP contribution in [0.4, 0.5) is 5.82 Å². The van der Waals surface area contributed by atoms with Crippen LogP contribution in [0.1, 0.15) is 16.8 Å². The van der Waals surface area contributed by atoms with E-state index in [1.165, 1.54) is 16.8 Å². The summed E-state index contributed by atoms with van der Waals surface area (Å²) in [5.41, 5.74) is 8.78. The van der Waals surface area contributed by atoms with E-state index in [0.717, 1.165) is 11.1 Å². The maximum Gasteiger partial charge on any atom is 0.266 e. The number of fused-ring (bicyclic) bond motifs is 1. The van der Waals surface area contributed by atoms with Crippen LogP contribution in [0, 0.1) is 0 Å². The van der Waals surface area contributed by atoms with Gasteiger partial charge in [-0.3, -0.25) is 4.79 Å². The number of rotatable bonds is 6. The van der Waals surface area contributed by atoms with Gasteiger partial charge in [-0.25, -0.2) is 14.3 Å². The first-order chi connectivity index (χ1) is 14.0. The second-order valence-corrected chi connectivity index (χ2v) is 6.87. The van der Waals surface area contributed by atoms with Crippen LogP contribution in [-0.2, 0) is 26.1 Å². The number of aromatic nitrogens is 6. The zero-order valence-corrected chi connectivity index (χ0v) is 16.1. The number of aryl methyl sites for hydroxylation is 2. The Morgan fingerprint density at radius 3 is 2.76 bits per heavy atom. The topological polar surface area (TPSA) is 125 Å². The van der Waals surface area contributed by atoms with Gasteiger partial charge in [-0.1, -0.05) is 24.3 Å². The van der Waals surface area contributed by atoms with Crippen LogP contribution in [0.3, 0.4) is 0 Å². The molecule has 0 bridgehead atoms. The molecular weight excluding hydrogens is 394 g/mol. The predicted octanol–water partition coefficient (Wildman–Crippen LogP) is 1.40. The summed E-state index contributed by atoms with van der Waals surface area (Å²) in [6.45, 7) is 0.703. The first-order valence-electron chi connectivity index (χ1n) is 8.94. The Morgan fingerprint density at radius 2 is 1.93 bits per heavy atom. The first kappa shape index (κ1) is 19.0. The van der Waals surface area contributed by atoms with Crippen LogP contribution in [0.25, 0.3) is 11.0 Å². The third-order valence-corrected chi connectivity index (χ3v) is 4.69. The fraction of sp³-hybridized carbons (Fsp3) is 0.211. The number of anilines is 1. The molecule has 3 heterocycles. The van der Waals surface area contributed by atoms with Crippen molar-refractivity contribution in [2.45, 2.75) is 26.1 Å². The molecule has 0 saturated carbocycles. The van der Waals surface area contributed by atoms with Crippen molar-refractivity contribution >= 4 is 28.5 Å². The van der Waals surface area contributed by atoms with E-state index >= 15 is 0 Å². The van der Waals surface area contributed by atoms with Gasteiger partial charge in [-0.05, 0) is 35.2 Å². The van der Waals surface area contributed by atoms with Crippen molar-refractivity contribution in [3.8, 4) is 0 Å². The smallest absolute Gasteiger partial charge is 0.266 e. The number of nitrogens with two attached hydrogens (primary N) is 1. The molecule has 0 aliphatic carbocycles. The molecule has 0 amide bonds. The molecule has 9 nitrogen and oxygen atoms in total. The van der Waals surface area contributed by atoms with Gasteiger partial charge in [0, 0.05) is 12.6 Å². The van der Waals surface area contributed by atoms with Crippen molar-refractivity contribution in [2.24, 2.45) is 0 Å². The minimum Gasteiger partial charge on any atom is -0.390 e. The lowest BCUT2D eigenvalue weighted by molar-refractivity contribution is 0.272. The van der Waals surface area contributed by atoms with Gasteiger partial charge in [-0.2, -0.15) is 15.2 Å². The number of aliphatic hydroxyl groups is 1. The average Bonchev–Trinajstić information content (AvgIpc) is 3.10. The molecule has 0 spiro atoms. The molecule has 3 N–H and O–H groups in total. The lowest BCUT2D eigenvalue weighted by Crippen LogP contribution is -2.24. The van der Waals surface area contributed by atoms with Gasteiger partial charge >= 0.3 is 0 Å². The first-order valence-corrected chi connectivity index (χ1v) is 9.31. The summed E-state index contributed by atoms with van der Waals surface area (Å²) in [7, 11) is 0. The fourth-order valence-electron chi connectivity index (χ4n) is 3.09. The van der Waals surface area contributed by atoms with E-state index in [0.29, 0.717) is 42.1 Å². The van der Waals surface area contributed by atoms with Gasteiger partial charge in [-0.15, -0.1) is 0 Å². The lowest BCUT2D eigenvalue weighted by atomic mass is 10.1. The molecule has 0 unspecified atom stereocenters. The number of hydrogen-bond donors (Lipinski definition) is 2. The van der Waals surface area contributed by atoms with Crippen LogP contribution in [-0.4, -0.2) is 34.6 Å². The maximum absolute atomic E-state index is 11.9. The molecule has 0 saturated heterocycles. The SMILES string of the molecule is Nc1nc(Cl)nc2c1cnn2Cc1cccc(CCn2nc(CO)ccc2=O)c1. The van der Waals surface area contributed by atoms with Crippen molar-refractivity contribution in [3.63, 3.8) is 0 Å². The Kier molecular flexibility index (Phi) is 5.24. The van der Waals surface area contributed by atoms with Gasteiger partial charge in [0.15, 0.2) is 5.65 Å². The van der Waals surface area contributed by atoms with Gasteiger partial charge < -0.3 is 10.8 Å². The third kappa shape index (κ3) is 4.10. The number of nitrogen functional groups attached to an aromatic ring is 1. The highest BCUT2D eigenvalue weighted by Crippen LogP contribution is 2.20. The van der Waals surface area contributed by atoms with Gasteiger partial charge in [0.1, 0.15) is 5.82 Å². The molecule has 0 atom stereocenters. The van der Waals surface area contributed by atoms with Gasteiger partial charge in [0.25, 0.3) is 5.56 Å². The highest BCUT2D eigenvalue weighted by molar-refractivity contribution is 6.28. The Hall–Kier alpha value is -3.30. The minimum atomic E-state index is -0.203. The summed E-state index contributed by atoms with van der Waals surface area (Å²) in [5.74, 6) is 0.294. The Morgan fingerprint density at radius 1 is 1.10 bits per heavy atom. The molecule has 4 aromatic rings. The van der Waals surface area contributed by atoms with E-state index < -0.39 is 0 Å². The van der Waals surface area contributed by atoms with Gasteiger partial charge in [0.05, 0.1) is 30.4 Å². The standard InChI is InChI=1S/C19H18ClN7O2/c20-19-23-17(21)15-9-22-27(18(15)24-19)10-13-3-1-2-12(8-13)6-7-26-16(29)5-4-14(11-28)25-26/h1-5,8-9,28H,6-7,10-11H2,(H2,21,23,24). The number of benzene rings is 1. The summed E-state index contributed by atoms with van der Waals surface area (Å²) < 4.78 is 3.08. The Bertz CT molecular complexity index is 1230. The summed E-state index contributed by atoms with van der Waals surface area (Å²) in [5, 5.41) is 18.4. The molecule has 4 rings (SSSR count). The molecule has 0 radical (unpaired) electrons. The molecule has 148 valence electrons. The highest BCUT2D eigenvalue weighted by Gasteiger charge is 2.11.